The van der Waals surface area contributed by atoms with Crippen LogP contribution in [0.2, 0.25) is 0 Å². The number of hydrogen-bond acceptors (Lipinski definition) is 2. The standard InChI is InChI=1S/C10H11NO2/c1-8-3-2-4-10(7-8,5-6-11)9(12)13/h2,4,7H,3,5H2,1H3,(H,12,13). The van der Waals surface area contributed by atoms with Gasteiger partial charge in [-0.15, -0.1) is 0 Å². The number of rotatable bonds is 2. The number of allylic oxidation sites excluding steroid dienone is 2. The minimum absolute atomic E-state index is 0.00380. The highest BCUT2D eigenvalue weighted by Gasteiger charge is 2.34. The average Bonchev–Trinajstić information content (AvgIpc) is 2.04. The lowest BCUT2D eigenvalue weighted by Crippen LogP contribution is -2.27. The molecule has 0 spiro atoms. The molecule has 0 amide bonds. The van der Waals surface area contributed by atoms with Gasteiger partial charge in [0.2, 0.25) is 0 Å². The summed E-state index contributed by atoms with van der Waals surface area (Å²) in [6, 6.07) is 1.90. The third kappa shape index (κ3) is 1.78. The van der Waals surface area contributed by atoms with Crippen molar-refractivity contribution in [2.24, 2.45) is 5.41 Å². The van der Waals surface area contributed by atoms with Gasteiger partial charge >= 0.3 is 5.97 Å². The zero-order valence-corrected chi connectivity index (χ0v) is 7.45. The number of carboxylic acids is 1. The summed E-state index contributed by atoms with van der Waals surface area (Å²) in [4.78, 5) is 11.0. The second-order valence-electron chi connectivity index (χ2n) is 3.28. The van der Waals surface area contributed by atoms with Gasteiger partial charge < -0.3 is 5.11 Å². The third-order valence-electron chi connectivity index (χ3n) is 2.13. The first-order valence-corrected chi connectivity index (χ1v) is 4.07. The predicted molar refractivity (Wildman–Crippen MR) is 47.8 cm³/mol. The molecular formula is C10H11NO2. The summed E-state index contributed by atoms with van der Waals surface area (Å²) in [5, 5.41) is 17.5. The molecule has 1 atom stereocenters. The van der Waals surface area contributed by atoms with Crippen LogP contribution < -0.4 is 0 Å². The normalized spacial score (nSPS) is 26.3. The van der Waals surface area contributed by atoms with Crippen molar-refractivity contribution in [3.05, 3.63) is 23.8 Å². The maximum Gasteiger partial charge on any atom is 0.318 e. The first kappa shape index (κ1) is 9.53. The summed E-state index contributed by atoms with van der Waals surface area (Å²) in [6.45, 7) is 1.87. The van der Waals surface area contributed by atoms with Crippen molar-refractivity contribution >= 4 is 5.97 Å². The lowest BCUT2D eigenvalue weighted by molar-refractivity contribution is -0.143. The molecule has 0 radical (unpaired) electrons. The van der Waals surface area contributed by atoms with E-state index >= 15 is 0 Å². The molecule has 0 heterocycles. The highest BCUT2D eigenvalue weighted by molar-refractivity contribution is 5.80. The zero-order valence-electron chi connectivity index (χ0n) is 7.45. The molecule has 0 aromatic heterocycles. The third-order valence-corrected chi connectivity index (χ3v) is 2.13. The van der Waals surface area contributed by atoms with Crippen LogP contribution in [0, 0.1) is 16.7 Å². The van der Waals surface area contributed by atoms with E-state index in [0.717, 1.165) is 12.0 Å². The number of aliphatic carboxylic acids is 1. The van der Waals surface area contributed by atoms with Crippen LogP contribution >= 0.6 is 0 Å². The molecular weight excluding hydrogens is 166 g/mol. The van der Waals surface area contributed by atoms with Crippen molar-refractivity contribution in [2.75, 3.05) is 0 Å². The van der Waals surface area contributed by atoms with Crippen molar-refractivity contribution < 1.29 is 9.90 Å². The molecule has 0 saturated carbocycles. The van der Waals surface area contributed by atoms with Crippen LogP contribution in [0.4, 0.5) is 0 Å². The first-order chi connectivity index (χ1) is 6.10. The molecule has 0 aromatic rings. The van der Waals surface area contributed by atoms with Crippen LogP contribution in [0.3, 0.4) is 0 Å². The topological polar surface area (TPSA) is 61.1 Å². The second kappa shape index (κ2) is 3.44. The molecule has 13 heavy (non-hydrogen) atoms. The van der Waals surface area contributed by atoms with Crippen molar-refractivity contribution in [3.8, 4) is 6.07 Å². The van der Waals surface area contributed by atoms with E-state index < -0.39 is 11.4 Å². The maximum atomic E-state index is 11.0. The monoisotopic (exact) mass is 177 g/mol. The fraction of sp³-hybridized carbons (Fsp3) is 0.400. The summed E-state index contributed by atoms with van der Waals surface area (Å²) in [6.07, 6.45) is 5.85. The number of carbonyl (C=O) groups is 1. The minimum Gasteiger partial charge on any atom is -0.480 e. The minimum atomic E-state index is -1.09. The molecule has 1 unspecified atom stereocenters. The van der Waals surface area contributed by atoms with Crippen LogP contribution in [0.25, 0.3) is 0 Å². The molecule has 0 aliphatic heterocycles. The molecule has 68 valence electrons. The fourth-order valence-corrected chi connectivity index (χ4v) is 1.45. The van der Waals surface area contributed by atoms with E-state index in [0.29, 0.717) is 0 Å². The summed E-state index contributed by atoms with van der Waals surface area (Å²) in [5.74, 6) is -0.954. The van der Waals surface area contributed by atoms with Gasteiger partial charge in [-0.1, -0.05) is 23.8 Å². The molecule has 3 heteroatoms. The average molecular weight is 177 g/mol. The molecule has 1 rings (SSSR count). The van der Waals surface area contributed by atoms with E-state index in [9.17, 15) is 4.79 Å². The van der Waals surface area contributed by atoms with E-state index in [2.05, 4.69) is 0 Å². The Morgan fingerprint density at radius 2 is 2.54 bits per heavy atom. The molecule has 1 aliphatic rings. The number of carboxylic acid groups (broad SMARTS) is 1. The largest absolute Gasteiger partial charge is 0.480 e. The molecule has 0 saturated heterocycles. The first-order valence-electron chi connectivity index (χ1n) is 4.07. The Morgan fingerprint density at radius 3 is 3.00 bits per heavy atom. The number of nitrogens with zero attached hydrogens (tertiary/aromatic N) is 1. The molecule has 1 N–H and O–H groups in total. The van der Waals surface area contributed by atoms with Crippen LogP contribution in [0.15, 0.2) is 23.8 Å². The second-order valence-corrected chi connectivity index (χ2v) is 3.28. The van der Waals surface area contributed by atoms with Crippen LogP contribution in [0.5, 0.6) is 0 Å². The van der Waals surface area contributed by atoms with E-state index in [4.69, 9.17) is 10.4 Å². The van der Waals surface area contributed by atoms with Gasteiger partial charge in [-0.3, -0.25) is 4.79 Å². The Bertz CT molecular complexity index is 322. The highest BCUT2D eigenvalue weighted by Crippen LogP contribution is 2.32. The highest BCUT2D eigenvalue weighted by atomic mass is 16.4. The number of nitriles is 1. The summed E-state index contributed by atoms with van der Waals surface area (Å²) < 4.78 is 0. The SMILES string of the molecule is CC1=CC(CC#N)(C(=O)O)C=CC1. The van der Waals surface area contributed by atoms with E-state index in [-0.39, 0.29) is 6.42 Å². The lowest BCUT2D eigenvalue weighted by Gasteiger charge is -2.22. The van der Waals surface area contributed by atoms with Crippen LogP contribution in [-0.4, -0.2) is 11.1 Å². The van der Waals surface area contributed by atoms with Gasteiger partial charge in [0, 0.05) is 0 Å². The van der Waals surface area contributed by atoms with Gasteiger partial charge in [0.1, 0.15) is 5.41 Å². The van der Waals surface area contributed by atoms with Crippen molar-refractivity contribution in [1.29, 1.82) is 5.26 Å². The van der Waals surface area contributed by atoms with Crippen molar-refractivity contribution in [3.63, 3.8) is 0 Å². The summed E-state index contributed by atoms with van der Waals surface area (Å²) >= 11 is 0. The Kier molecular flexibility index (Phi) is 2.52. The van der Waals surface area contributed by atoms with E-state index in [1.54, 1.807) is 18.2 Å². The van der Waals surface area contributed by atoms with E-state index in [1.807, 2.05) is 13.0 Å². The molecule has 0 aromatic carbocycles. The summed E-state index contributed by atoms with van der Waals surface area (Å²) in [7, 11) is 0. The van der Waals surface area contributed by atoms with Gasteiger partial charge in [-0.05, 0) is 13.3 Å². The van der Waals surface area contributed by atoms with Crippen LogP contribution in [0.1, 0.15) is 19.8 Å². The van der Waals surface area contributed by atoms with Gasteiger partial charge in [0.15, 0.2) is 0 Å². The maximum absolute atomic E-state index is 11.0. The zero-order chi connectivity index (χ0) is 9.90. The lowest BCUT2D eigenvalue weighted by atomic mass is 9.79. The summed E-state index contributed by atoms with van der Waals surface area (Å²) in [5.41, 5.74) is -0.0861. The molecule has 3 nitrogen and oxygen atoms in total. The Hall–Kier alpha value is -1.56. The molecule has 0 bridgehead atoms. The van der Waals surface area contributed by atoms with E-state index in [1.165, 1.54) is 0 Å². The fourth-order valence-electron chi connectivity index (χ4n) is 1.45. The van der Waals surface area contributed by atoms with Crippen molar-refractivity contribution in [2.45, 2.75) is 19.8 Å². The van der Waals surface area contributed by atoms with Crippen molar-refractivity contribution in [1.82, 2.24) is 0 Å². The smallest absolute Gasteiger partial charge is 0.318 e. The van der Waals surface area contributed by atoms with Gasteiger partial charge in [-0.2, -0.15) is 5.26 Å². The van der Waals surface area contributed by atoms with Gasteiger partial charge in [0.05, 0.1) is 12.5 Å². The molecule has 1 aliphatic carbocycles. The molecule has 0 fully saturated rings. The Morgan fingerprint density at radius 1 is 1.85 bits per heavy atom. The van der Waals surface area contributed by atoms with Crippen LogP contribution in [-0.2, 0) is 4.79 Å². The van der Waals surface area contributed by atoms with Gasteiger partial charge in [0.25, 0.3) is 0 Å². The Labute approximate surface area is 77.0 Å². The quantitative estimate of drug-likeness (QED) is 0.655. The predicted octanol–water partition coefficient (Wildman–Crippen LogP) is 1.88. The Balaban J connectivity index is 3.04. The van der Waals surface area contributed by atoms with Gasteiger partial charge in [-0.25, -0.2) is 0 Å². The number of hydrogen-bond donors (Lipinski definition) is 1.